The summed E-state index contributed by atoms with van der Waals surface area (Å²) in [5.41, 5.74) is 4.07. The monoisotopic (exact) mass is 311 g/mol. The molecule has 1 aliphatic heterocycles. The van der Waals surface area contributed by atoms with Gasteiger partial charge in [-0.1, -0.05) is 23.7 Å². The first kappa shape index (κ1) is 13.3. The smallest absolute Gasteiger partial charge is 0.234 e. The van der Waals surface area contributed by atoms with Gasteiger partial charge < -0.3 is 10.3 Å². The molecule has 0 radical (unpaired) electrons. The molecule has 1 aliphatic rings. The van der Waals surface area contributed by atoms with Gasteiger partial charge in [-0.05, 0) is 43.7 Å². The Bertz CT molecular complexity index is 927. The lowest BCUT2D eigenvalue weighted by atomic mass is 9.86. The lowest BCUT2D eigenvalue weighted by Gasteiger charge is -2.14. The number of hydrogen-bond donors (Lipinski definition) is 2. The van der Waals surface area contributed by atoms with E-state index in [9.17, 15) is 4.79 Å². The zero-order valence-electron chi connectivity index (χ0n) is 12.2. The highest BCUT2D eigenvalue weighted by atomic mass is 35.5. The second-order valence-electron chi connectivity index (χ2n) is 6.09. The van der Waals surface area contributed by atoms with Gasteiger partial charge in [0.1, 0.15) is 5.82 Å². The number of benzene rings is 2. The van der Waals surface area contributed by atoms with Crippen molar-refractivity contribution in [1.82, 2.24) is 9.97 Å². The Labute approximate surface area is 132 Å². The summed E-state index contributed by atoms with van der Waals surface area (Å²) in [5, 5.41) is 3.60. The number of carbonyl (C=O) groups is 1. The number of hydrogen-bond acceptors (Lipinski definition) is 2. The largest absolute Gasteiger partial charge is 0.338 e. The van der Waals surface area contributed by atoms with Gasteiger partial charge >= 0.3 is 0 Å². The molecule has 0 bridgehead atoms. The molecule has 110 valence electrons. The molecule has 0 atom stereocenters. The molecular weight excluding hydrogens is 298 g/mol. The molecule has 2 heterocycles. The maximum atomic E-state index is 12.0. The number of anilines is 1. The number of aromatic nitrogens is 2. The number of aromatic amines is 1. The fourth-order valence-electron chi connectivity index (χ4n) is 2.86. The maximum absolute atomic E-state index is 12.0. The van der Waals surface area contributed by atoms with E-state index in [-0.39, 0.29) is 5.91 Å². The average molecular weight is 312 g/mol. The van der Waals surface area contributed by atoms with Crippen LogP contribution in [0.15, 0.2) is 36.4 Å². The van der Waals surface area contributed by atoms with Crippen LogP contribution in [0.5, 0.6) is 0 Å². The van der Waals surface area contributed by atoms with Gasteiger partial charge in [0, 0.05) is 16.3 Å². The molecule has 3 aromatic rings. The van der Waals surface area contributed by atoms with Crippen LogP contribution in [0.25, 0.3) is 22.4 Å². The lowest BCUT2D eigenvalue weighted by Crippen LogP contribution is -2.26. The van der Waals surface area contributed by atoms with Crippen LogP contribution in [-0.4, -0.2) is 15.9 Å². The van der Waals surface area contributed by atoms with Crippen molar-refractivity contribution in [3.63, 3.8) is 0 Å². The van der Waals surface area contributed by atoms with E-state index in [2.05, 4.69) is 15.3 Å². The number of carbonyl (C=O) groups excluding carboxylic acids is 1. The fraction of sp³-hybridized carbons (Fsp3) is 0.176. The van der Waals surface area contributed by atoms with Crippen molar-refractivity contribution in [3.05, 3.63) is 47.0 Å². The molecule has 0 saturated heterocycles. The van der Waals surface area contributed by atoms with Gasteiger partial charge in [0.25, 0.3) is 0 Å². The van der Waals surface area contributed by atoms with Gasteiger partial charge in [0.15, 0.2) is 0 Å². The molecule has 4 nitrogen and oxygen atoms in total. The summed E-state index contributed by atoms with van der Waals surface area (Å²) in [4.78, 5) is 19.9. The molecular formula is C17H14ClN3O. The number of halogens is 1. The molecule has 0 spiro atoms. The SMILES string of the molecule is CC1(C)C(=O)Nc2cc(-c3nc4cc(Cl)ccc4[nH]3)ccc21. The summed E-state index contributed by atoms with van der Waals surface area (Å²) in [7, 11) is 0. The first-order chi connectivity index (χ1) is 10.4. The lowest BCUT2D eigenvalue weighted by molar-refractivity contribution is -0.119. The van der Waals surface area contributed by atoms with E-state index in [1.165, 1.54) is 0 Å². The third-order valence-electron chi connectivity index (χ3n) is 4.23. The van der Waals surface area contributed by atoms with E-state index in [0.717, 1.165) is 33.7 Å². The van der Waals surface area contributed by atoms with Crippen LogP contribution >= 0.6 is 11.6 Å². The summed E-state index contributed by atoms with van der Waals surface area (Å²) < 4.78 is 0. The van der Waals surface area contributed by atoms with Gasteiger partial charge in [0.2, 0.25) is 5.91 Å². The minimum Gasteiger partial charge on any atom is -0.338 e. The van der Waals surface area contributed by atoms with Crippen molar-refractivity contribution >= 4 is 34.2 Å². The minimum atomic E-state index is -0.491. The molecule has 0 saturated carbocycles. The topological polar surface area (TPSA) is 57.8 Å². The first-order valence-electron chi connectivity index (χ1n) is 7.07. The molecule has 0 fully saturated rings. The van der Waals surface area contributed by atoms with Crippen molar-refractivity contribution in [2.75, 3.05) is 5.32 Å². The molecule has 1 aromatic heterocycles. The summed E-state index contributed by atoms with van der Waals surface area (Å²) in [6.45, 7) is 3.86. The number of imidazole rings is 1. The number of amides is 1. The van der Waals surface area contributed by atoms with E-state index in [1.54, 1.807) is 0 Å². The van der Waals surface area contributed by atoms with Gasteiger partial charge in [0.05, 0.1) is 16.4 Å². The number of fused-ring (bicyclic) bond motifs is 2. The van der Waals surface area contributed by atoms with E-state index >= 15 is 0 Å². The highest BCUT2D eigenvalue weighted by Crippen LogP contribution is 2.39. The zero-order valence-corrected chi connectivity index (χ0v) is 13.0. The average Bonchev–Trinajstić information content (AvgIpc) is 2.98. The Balaban J connectivity index is 1.83. The van der Waals surface area contributed by atoms with Crippen molar-refractivity contribution < 1.29 is 4.79 Å². The van der Waals surface area contributed by atoms with Gasteiger partial charge in [-0.15, -0.1) is 0 Å². The third kappa shape index (κ3) is 1.84. The highest BCUT2D eigenvalue weighted by Gasteiger charge is 2.38. The van der Waals surface area contributed by atoms with Crippen molar-refractivity contribution in [3.8, 4) is 11.4 Å². The van der Waals surface area contributed by atoms with E-state index < -0.39 is 5.41 Å². The van der Waals surface area contributed by atoms with Crippen LogP contribution in [0.2, 0.25) is 5.02 Å². The van der Waals surface area contributed by atoms with Crippen molar-refractivity contribution in [2.45, 2.75) is 19.3 Å². The summed E-state index contributed by atoms with van der Waals surface area (Å²) in [5.74, 6) is 0.787. The molecule has 2 N–H and O–H groups in total. The maximum Gasteiger partial charge on any atom is 0.234 e. The molecule has 0 unspecified atom stereocenters. The van der Waals surface area contributed by atoms with E-state index in [4.69, 9.17) is 11.6 Å². The zero-order chi connectivity index (χ0) is 15.5. The van der Waals surface area contributed by atoms with Crippen molar-refractivity contribution in [2.24, 2.45) is 0 Å². The quantitative estimate of drug-likeness (QED) is 0.710. The molecule has 2 aromatic carbocycles. The molecule has 5 heteroatoms. The number of rotatable bonds is 1. The first-order valence-corrected chi connectivity index (χ1v) is 7.44. The summed E-state index contributed by atoms with van der Waals surface area (Å²) in [6.07, 6.45) is 0. The molecule has 4 rings (SSSR count). The van der Waals surface area contributed by atoms with Gasteiger partial charge in [-0.2, -0.15) is 0 Å². The van der Waals surface area contributed by atoms with Crippen LogP contribution in [0.4, 0.5) is 5.69 Å². The van der Waals surface area contributed by atoms with E-state index in [0.29, 0.717) is 5.02 Å². The minimum absolute atomic E-state index is 0.0241. The van der Waals surface area contributed by atoms with Crippen LogP contribution in [0.3, 0.4) is 0 Å². The number of H-pyrrole nitrogens is 1. The molecule has 22 heavy (non-hydrogen) atoms. The predicted octanol–water partition coefficient (Wildman–Crippen LogP) is 4.11. The number of nitrogens with one attached hydrogen (secondary N) is 2. The summed E-state index contributed by atoms with van der Waals surface area (Å²) in [6, 6.07) is 11.5. The van der Waals surface area contributed by atoms with Crippen LogP contribution in [-0.2, 0) is 10.2 Å². The van der Waals surface area contributed by atoms with Crippen molar-refractivity contribution in [1.29, 1.82) is 0 Å². The second kappa shape index (κ2) is 4.34. The molecule has 0 aliphatic carbocycles. The Morgan fingerprint density at radius 2 is 1.95 bits per heavy atom. The number of nitrogens with zero attached hydrogens (tertiary/aromatic N) is 1. The third-order valence-corrected chi connectivity index (χ3v) is 4.46. The van der Waals surface area contributed by atoms with Crippen LogP contribution in [0, 0.1) is 0 Å². The standard InChI is InChI=1S/C17H14ClN3O/c1-17(2)11-5-3-9(7-13(11)21-16(17)22)15-19-12-6-4-10(18)8-14(12)20-15/h3-8H,1-2H3,(H,19,20)(H,21,22). The molecule has 1 amide bonds. The highest BCUT2D eigenvalue weighted by molar-refractivity contribution is 6.31. The van der Waals surface area contributed by atoms with Crippen LogP contribution in [0.1, 0.15) is 19.4 Å². The normalized spacial score (nSPS) is 15.9. The van der Waals surface area contributed by atoms with Gasteiger partial charge in [-0.3, -0.25) is 4.79 Å². The predicted molar refractivity (Wildman–Crippen MR) is 88.2 cm³/mol. The Morgan fingerprint density at radius 3 is 2.77 bits per heavy atom. The fourth-order valence-corrected chi connectivity index (χ4v) is 3.02. The van der Waals surface area contributed by atoms with Crippen LogP contribution < -0.4 is 5.32 Å². The Kier molecular flexibility index (Phi) is 2.63. The summed E-state index contributed by atoms with van der Waals surface area (Å²) >= 11 is 6.00. The van der Waals surface area contributed by atoms with Gasteiger partial charge in [-0.25, -0.2) is 4.98 Å². The second-order valence-corrected chi connectivity index (χ2v) is 6.52. The van der Waals surface area contributed by atoms with E-state index in [1.807, 2.05) is 50.2 Å². The Morgan fingerprint density at radius 1 is 1.14 bits per heavy atom. The Hall–Kier alpha value is -2.33.